The maximum absolute atomic E-state index is 13.8. The number of likely N-dealkylation sites (N-methyl/N-ethyl adjacent to an activating group) is 1. The fourth-order valence-corrected chi connectivity index (χ4v) is 6.52. The molecule has 0 radical (unpaired) electrons. The standard InChI is InChI=1S/C35H38ClN3O6S/c1-24-20-39(25(2)23-40)35(41)31-10-7-11-32(37-46(42,43)30-18-14-27(36)15-19-30)34(31)45-33(24)22-38(3)21-26-12-16-29(17-13-26)44-28-8-5-4-6-9-28/h4-19,24-25,33,37,40H,20-23H2,1-3H3/t24-,25+,33-/m1/s1. The molecule has 0 unspecified atom stereocenters. The summed E-state index contributed by atoms with van der Waals surface area (Å²) < 4.78 is 41.8. The first kappa shape index (κ1) is 33.3. The molecule has 0 saturated heterocycles. The summed E-state index contributed by atoms with van der Waals surface area (Å²) in [5.74, 6) is 1.15. The highest BCUT2D eigenvalue weighted by Gasteiger charge is 2.35. The van der Waals surface area contributed by atoms with Crippen LogP contribution in [0.15, 0.2) is 102 Å². The molecule has 3 atom stereocenters. The van der Waals surface area contributed by atoms with Gasteiger partial charge in [-0.1, -0.05) is 54.9 Å². The van der Waals surface area contributed by atoms with Crippen LogP contribution in [0.2, 0.25) is 5.02 Å². The Morgan fingerprint density at radius 3 is 2.35 bits per heavy atom. The number of hydrogen-bond acceptors (Lipinski definition) is 7. The Hall–Kier alpha value is -4.09. The number of carbonyl (C=O) groups excluding carboxylic acids is 1. The van der Waals surface area contributed by atoms with E-state index >= 15 is 0 Å². The lowest BCUT2D eigenvalue weighted by Crippen LogP contribution is -2.49. The highest BCUT2D eigenvalue weighted by molar-refractivity contribution is 7.92. The van der Waals surface area contributed by atoms with E-state index in [1.807, 2.05) is 68.6 Å². The second-order valence-corrected chi connectivity index (χ2v) is 13.7. The lowest BCUT2D eigenvalue weighted by molar-refractivity contribution is 0.0344. The van der Waals surface area contributed by atoms with Gasteiger partial charge in [0.05, 0.1) is 28.8 Å². The van der Waals surface area contributed by atoms with E-state index in [2.05, 4.69) is 9.62 Å². The van der Waals surface area contributed by atoms with Gasteiger partial charge in [0.1, 0.15) is 17.6 Å². The summed E-state index contributed by atoms with van der Waals surface area (Å²) in [6, 6.07) is 27.6. The molecule has 0 fully saturated rings. The summed E-state index contributed by atoms with van der Waals surface area (Å²) in [6.07, 6.45) is -0.424. The van der Waals surface area contributed by atoms with Crippen LogP contribution >= 0.6 is 11.6 Å². The number of ether oxygens (including phenoxy) is 2. The minimum absolute atomic E-state index is 0.0204. The van der Waals surface area contributed by atoms with Crippen molar-refractivity contribution in [3.05, 3.63) is 113 Å². The van der Waals surface area contributed by atoms with Gasteiger partial charge < -0.3 is 19.5 Å². The largest absolute Gasteiger partial charge is 0.486 e. The summed E-state index contributed by atoms with van der Waals surface area (Å²) in [4.78, 5) is 17.6. The van der Waals surface area contributed by atoms with Gasteiger partial charge in [0.25, 0.3) is 15.9 Å². The molecule has 5 rings (SSSR count). The number of fused-ring (bicyclic) bond motifs is 1. The van der Waals surface area contributed by atoms with Gasteiger partial charge in [-0.15, -0.1) is 0 Å². The maximum Gasteiger partial charge on any atom is 0.262 e. The van der Waals surface area contributed by atoms with Crippen LogP contribution < -0.4 is 14.2 Å². The normalized spacial score (nSPS) is 17.4. The van der Waals surface area contributed by atoms with Crippen molar-refractivity contribution in [3.63, 3.8) is 0 Å². The number of aliphatic hydroxyl groups is 1. The third-order valence-electron chi connectivity index (χ3n) is 7.91. The molecule has 1 amide bonds. The second kappa shape index (κ2) is 14.6. The van der Waals surface area contributed by atoms with Gasteiger partial charge in [0, 0.05) is 30.6 Å². The lowest BCUT2D eigenvalue weighted by atomic mass is 9.99. The Morgan fingerprint density at radius 2 is 1.67 bits per heavy atom. The summed E-state index contributed by atoms with van der Waals surface area (Å²) in [5.41, 5.74) is 1.43. The van der Waals surface area contributed by atoms with E-state index in [4.69, 9.17) is 21.1 Å². The second-order valence-electron chi connectivity index (χ2n) is 11.6. The van der Waals surface area contributed by atoms with E-state index in [1.165, 1.54) is 24.3 Å². The van der Waals surface area contributed by atoms with E-state index in [9.17, 15) is 18.3 Å². The van der Waals surface area contributed by atoms with Crippen LogP contribution in [-0.4, -0.2) is 68.1 Å². The van der Waals surface area contributed by atoms with Crippen molar-refractivity contribution in [1.82, 2.24) is 9.80 Å². The first-order valence-electron chi connectivity index (χ1n) is 15.0. The predicted octanol–water partition coefficient (Wildman–Crippen LogP) is 6.29. The first-order chi connectivity index (χ1) is 22.0. The van der Waals surface area contributed by atoms with E-state index in [0.717, 1.165) is 17.1 Å². The number of halogens is 1. The minimum atomic E-state index is -4.03. The zero-order valence-corrected chi connectivity index (χ0v) is 27.5. The molecule has 0 spiro atoms. The van der Waals surface area contributed by atoms with Crippen LogP contribution in [0.5, 0.6) is 17.2 Å². The number of rotatable bonds is 11. The van der Waals surface area contributed by atoms with Crippen LogP contribution in [-0.2, 0) is 16.6 Å². The molecule has 1 aliphatic heterocycles. The third-order valence-corrected chi connectivity index (χ3v) is 9.54. The Labute approximate surface area is 275 Å². The molecule has 1 aliphatic rings. The number of para-hydroxylation sites is 2. The van der Waals surface area contributed by atoms with E-state index in [-0.39, 0.29) is 40.3 Å². The molecule has 9 nitrogen and oxygen atoms in total. The first-order valence-corrected chi connectivity index (χ1v) is 16.9. The van der Waals surface area contributed by atoms with E-state index in [1.54, 1.807) is 30.0 Å². The quantitative estimate of drug-likeness (QED) is 0.194. The molecule has 46 heavy (non-hydrogen) atoms. The summed E-state index contributed by atoms with van der Waals surface area (Å²) in [7, 11) is -2.04. The van der Waals surface area contributed by atoms with Crippen molar-refractivity contribution in [2.24, 2.45) is 5.92 Å². The number of sulfonamides is 1. The fraction of sp³-hybridized carbons (Fsp3) is 0.286. The Kier molecular flexibility index (Phi) is 10.5. The molecule has 0 bridgehead atoms. The number of carbonyl (C=O) groups is 1. The van der Waals surface area contributed by atoms with Gasteiger partial charge in [-0.25, -0.2) is 8.42 Å². The van der Waals surface area contributed by atoms with Gasteiger partial charge in [-0.05, 0) is 80.2 Å². The van der Waals surface area contributed by atoms with Crippen LogP contribution in [0, 0.1) is 5.92 Å². The number of benzene rings is 4. The highest BCUT2D eigenvalue weighted by atomic mass is 35.5. The van der Waals surface area contributed by atoms with Gasteiger partial charge in [0.2, 0.25) is 0 Å². The summed E-state index contributed by atoms with van der Waals surface area (Å²) in [5, 5.41) is 10.4. The van der Waals surface area contributed by atoms with Crippen LogP contribution in [0.1, 0.15) is 29.8 Å². The molecule has 0 aliphatic carbocycles. The Balaban J connectivity index is 1.39. The number of anilines is 1. The van der Waals surface area contributed by atoms with Gasteiger partial charge in [0.15, 0.2) is 5.75 Å². The zero-order valence-electron chi connectivity index (χ0n) is 26.0. The molecular weight excluding hydrogens is 626 g/mol. The third kappa shape index (κ3) is 8.00. The zero-order chi connectivity index (χ0) is 32.8. The van der Waals surface area contributed by atoms with Crippen molar-refractivity contribution >= 4 is 33.2 Å². The lowest BCUT2D eigenvalue weighted by Gasteiger charge is -2.38. The van der Waals surface area contributed by atoms with E-state index < -0.39 is 22.2 Å². The van der Waals surface area contributed by atoms with Crippen molar-refractivity contribution in [2.45, 2.75) is 37.4 Å². The molecule has 0 saturated carbocycles. The van der Waals surface area contributed by atoms with Crippen molar-refractivity contribution in [2.75, 3.05) is 31.5 Å². The number of aliphatic hydroxyl groups excluding tert-OH is 1. The van der Waals surface area contributed by atoms with Crippen LogP contribution in [0.25, 0.3) is 0 Å². The van der Waals surface area contributed by atoms with Crippen molar-refractivity contribution in [3.8, 4) is 17.2 Å². The van der Waals surface area contributed by atoms with Crippen molar-refractivity contribution < 1.29 is 27.8 Å². The molecule has 4 aromatic rings. The average molecular weight is 664 g/mol. The molecule has 11 heteroatoms. The Bertz CT molecular complexity index is 1740. The number of nitrogens with one attached hydrogen (secondary N) is 1. The average Bonchev–Trinajstić information content (AvgIpc) is 3.04. The van der Waals surface area contributed by atoms with E-state index in [0.29, 0.717) is 24.7 Å². The maximum atomic E-state index is 13.8. The highest BCUT2D eigenvalue weighted by Crippen LogP contribution is 2.36. The monoisotopic (exact) mass is 663 g/mol. The molecule has 2 N–H and O–H groups in total. The minimum Gasteiger partial charge on any atom is -0.486 e. The number of amides is 1. The fourth-order valence-electron chi connectivity index (χ4n) is 5.33. The molecular formula is C35H38ClN3O6S. The number of nitrogens with zero attached hydrogens (tertiary/aromatic N) is 2. The van der Waals surface area contributed by atoms with Crippen LogP contribution in [0.3, 0.4) is 0 Å². The molecule has 0 aromatic heterocycles. The number of hydrogen-bond donors (Lipinski definition) is 2. The Morgan fingerprint density at radius 1 is 1.00 bits per heavy atom. The SMILES string of the molecule is C[C@@H]1CN([C@@H](C)CO)C(=O)c2cccc(NS(=O)(=O)c3ccc(Cl)cc3)c2O[C@@H]1CN(C)Cc1ccc(Oc2ccccc2)cc1. The van der Waals surface area contributed by atoms with Crippen molar-refractivity contribution in [1.29, 1.82) is 0 Å². The van der Waals surface area contributed by atoms with Gasteiger partial charge in [-0.2, -0.15) is 0 Å². The summed E-state index contributed by atoms with van der Waals surface area (Å²) >= 11 is 5.97. The topological polar surface area (TPSA) is 108 Å². The predicted molar refractivity (Wildman–Crippen MR) is 179 cm³/mol. The molecule has 1 heterocycles. The smallest absolute Gasteiger partial charge is 0.262 e. The van der Waals surface area contributed by atoms with Gasteiger partial charge in [-0.3, -0.25) is 14.4 Å². The molecule has 4 aromatic carbocycles. The summed E-state index contributed by atoms with van der Waals surface area (Å²) in [6.45, 7) is 5.01. The van der Waals surface area contributed by atoms with Gasteiger partial charge >= 0.3 is 0 Å². The molecule has 242 valence electrons. The van der Waals surface area contributed by atoms with Crippen LogP contribution in [0.4, 0.5) is 5.69 Å².